The van der Waals surface area contributed by atoms with Gasteiger partial charge >= 0.3 is 0 Å². The van der Waals surface area contributed by atoms with Crippen LogP contribution in [0.2, 0.25) is 0 Å². The van der Waals surface area contributed by atoms with Crippen LogP contribution in [0.5, 0.6) is 0 Å². The van der Waals surface area contributed by atoms with Gasteiger partial charge in [-0.3, -0.25) is 14.8 Å². The van der Waals surface area contributed by atoms with E-state index in [0.717, 1.165) is 33.4 Å². The number of aromatic nitrogens is 6. The molecule has 0 bridgehead atoms. The standard InChI is InChI=1S/C14H13N7/c1-8-10-6-9(7-16-14(10)21(2)20-8)17-13-12-11(18-19-13)4-3-5-15-12/h3-7H,1-2H3,(H2,17,18,19). The lowest BCUT2D eigenvalue weighted by Crippen LogP contribution is -1.95. The van der Waals surface area contributed by atoms with Crippen LogP contribution in [0.15, 0.2) is 30.6 Å². The Morgan fingerprint density at radius 1 is 1.29 bits per heavy atom. The smallest absolute Gasteiger partial charge is 0.178 e. The third-order valence-corrected chi connectivity index (χ3v) is 3.45. The first-order chi connectivity index (χ1) is 10.2. The minimum atomic E-state index is 0.688. The number of fused-ring (bicyclic) bond motifs is 2. The van der Waals surface area contributed by atoms with E-state index >= 15 is 0 Å². The van der Waals surface area contributed by atoms with Crippen LogP contribution >= 0.6 is 0 Å². The largest absolute Gasteiger partial charge is 0.336 e. The van der Waals surface area contributed by atoms with Gasteiger partial charge in [0.1, 0.15) is 5.52 Å². The summed E-state index contributed by atoms with van der Waals surface area (Å²) in [4.78, 5) is 8.77. The van der Waals surface area contributed by atoms with Crippen molar-refractivity contribution in [1.82, 2.24) is 29.9 Å². The summed E-state index contributed by atoms with van der Waals surface area (Å²) >= 11 is 0. The number of H-pyrrole nitrogens is 1. The first-order valence-corrected chi connectivity index (χ1v) is 6.58. The molecule has 4 rings (SSSR count). The molecule has 104 valence electrons. The molecule has 0 aliphatic carbocycles. The number of pyridine rings is 2. The van der Waals surface area contributed by atoms with E-state index in [-0.39, 0.29) is 0 Å². The van der Waals surface area contributed by atoms with Crippen molar-refractivity contribution in [2.75, 3.05) is 5.32 Å². The van der Waals surface area contributed by atoms with Crippen LogP contribution in [0.25, 0.3) is 22.1 Å². The minimum absolute atomic E-state index is 0.688. The summed E-state index contributed by atoms with van der Waals surface area (Å²) < 4.78 is 1.78. The molecule has 0 amide bonds. The number of rotatable bonds is 2. The monoisotopic (exact) mass is 279 g/mol. The highest BCUT2D eigenvalue weighted by atomic mass is 15.3. The molecule has 4 aromatic heterocycles. The van der Waals surface area contributed by atoms with E-state index < -0.39 is 0 Å². The highest BCUT2D eigenvalue weighted by Gasteiger charge is 2.10. The second-order valence-corrected chi connectivity index (χ2v) is 4.90. The number of anilines is 2. The Kier molecular flexibility index (Phi) is 2.41. The van der Waals surface area contributed by atoms with Gasteiger partial charge in [-0.1, -0.05) is 0 Å². The molecular weight excluding hydrogens is 266 g/mol. The summed E-state index contributed by atoms with van der Waals surface area (Å²) in [7, 11) is 1.89. The van der Waals surface area contributed by atoms with Crippen molar-refractivity contribution in [3.63, 3.8) is 0 Å². The van der Waals surface area contributed by atoms with Gasteiger partial charge in [0.25, 0.3) is 0 Å². The van der Waals surface area contributed by atoms with Crippen molar-refractivity contribution in [3.05, 3.63) is 36.3 Å². The van der Waals surface area contributed by atoms with Gasteiger partial charge in [0.15, 0.2) is 11.5 Å². The lowest BCUT2D eigenvalue weighted by Gasteiger charge is -2.03. The molecule has 21 heavy (non-hydrogen) atoms. The lowest BCUT2D eigenvalue weighted by atomic mass is 10.2. The molecule has 0 radical (unpaired) electrons. The predicted molar refractivity (Wildman–Crippen MR) is 80.4 cm³/mol. The first-order valence-electron chi connectivity index (χ1n) is 6.58. The Balaban J connectivity index is 1.78. The van der Waals surface area contributed by atoms with Crippen LogP contribution in [-0.2, 0) is 7.05 Å². The van der Waals surface area contributed by atoms with Gasteiger partial charge in [-0.2, -0.15) is 10.2 Å². The second-order valence-electron chi connectivity index (χ2n) is 4.90. The number of nitrogens with zero attached hydrogens (tertiary/aromatic N) is 5. The fraction of sp³-hybridized carbons (Fsp3) is 0.143. The van der Waals surface area contributed by atoms with Crippen molar-refractivity contribution in [2.45, 2.75) is 6.92 Å². The van der Waals surface area contributed by atoms with E-state index in [1.165, 1.54) is 0 Å². The molecule has 0 unspecified atom stereocenters. The zero-order chi connectivity index (χ0) is 14.4. The number of aromatic amines is 1. The molecule has 4 heterocycles. The van der Waals surface area contributed by atoms with Crippen molar-refractivity contribution in [2.24, 2.45) is 7.05 Å². The van der Waals surface area contributed by atoms with Crippen molar-refractivity contribution < 1.29 is 0 Å². The van der Waals surface area contributed by atoms with E-state index in [1.807, 2.05) is 32.2 Å². The lowest BCUT2D eigenvalue weighted by molar-refractivity contribution is 0.774. The summed E-state index contributed by atoms with van der Waals surface area (Å²) in [6.07, 6.45) is 3.52. The maximum Gasteiger partial charge on any atom is 0.178 e. The van der Waals surface area contributed by atoms with Gasteiger partial charge in [-0.05, 0) is 25.1 Å². The molecule has 0 aliphatic heterocycles. The van der Waals surface area contributed by atoms with Gasteiger partial charge in [0, 0.05) is 18.6 Å². The van der Waals surface area contributed by atoms with Gasteiger partial charge in [0.05, 0.1) is 23.1 Å². The summed E-state index contributed by atoms with van der Waals surface area (Å²) in [5, 5.41) is 15.8. The van der Waals surface area contributed by atoms with Crippen LogP contribution in [0.1, 0.15) is 5.69 Å². The summed E-state index contributed by atoms with van der Waals surface area (Å²) in [5.74, 6) is 0.688. The van der Waals surface area contributed by atoms with Crippen LogP contribution < -0.4 is 5.32 Å². The quantitative estimate of drug-likeness (QED) is 0.588. The second kappa shape index (κ2) is 4.27. The van der Waals surface area contributed by atoms with E-state index in [1.54, 1.807) is 17.1 Å². The fourth-order valence-electron chi connectivity index (χ4n) is 2.45. The molecule has 0 fully saturated rings. The normalized spacial score (nSPS) is 11.3. The van der Waals surface area contributed by atoms with Gasteiger partial charge in [0.2, 0.25) is 0 Å². The number of aryl methyl sites for hydroxylation is 2. The van der Waals surface area contributed by atoms with E-state index in [9.17, 15) is 0 Å². The topological polar surface area (TPSA) is 84.3 Å². The van der Waals surface area contributed by atoms with E-state index in [0.29, 0.717) is 5.82 Å². The molecule has 0 aromatic carbocycles. The van der Waals surface area contributed by atoms with E-state index in [2.05, 4.69) is 30.6 Å². The highest BCUT2D eigenvalue weighted by molar-refractivity contribution is 5.89. The molecule has 4 aromatic rings. The molecule has 0 saturated heterocycles. The average Bonchev–Trinajstić information content (AvgIpc) is 3.02. The van der Waals surface area contributed by atoms with Crippen LogP contribution in [0.3, 0.4) is 0 Å². The van der Waals surface area contributed by atoms with Crippen LogP contribution in [0, 0.1) is 6.92 Å². The van der Waals surface area contributed by atoms with Crippen LogP contribution in [0.4, 0.5) is 11.5 Å². The number of hydrogen-bond acceptors (Lipinski definition) is 5. The third-order valence-electron chi connectivity index (χ3n) is 3.45. The highest BCUT2D eigenvalue weighted by Crippen LogP contribution is 2.24. The molecule has 7 nitrogen and oxygen atoms in total. The third kappa shape index (κ3) is 1.82. The number of hydrogen-bond donors (Lipinski definition) is 2. The molecule has 0 saturated carbocycles. The SMILES string of the molecule is Cc1nn(C)c2ncc(Nc3n[nH]c4cccnc34)cc12. The summed E-state index contributed by atoms with van der Waals surface area (Å²) in [6.45, 7) is 1.97. The van der Waals surface area contributed by atoms with Crippen LogP contribution in [-0.4, -0.2) is 29.9 Å². The maximum atomic E-state index is 4.44. The number of nitrogens with one attached hydrogen (secondary N) is 2. The Bertz CT molecular complexity index is 950. The average molecular weight is 279 g/mol. The molecule has 0 atom stereocenters. The van der Waals surface area contributed by atoms with Gasteiger partial charge in [-0.15, -0.1) is 0 Å². The fourth-order valence-corrected chi connectivity index (χ4v) is 2.45. The van der Waals surface area contributed by atoms with Gasteiger partial charge < -0.3 is 5.32 Å². The van der Waals surface area contributed by atoms with Crippen molar-refractivity contribution in [3.8, 4) is 0 Å². The summed E-state index contributed by atoms with van der Waals surface area (Å²) in [5.41, 5.74) is 4.38. The van der Waals surface area contributed by atoms with Gasteiger partial charge in [-0.25, -0.2) is 4.98 Å². The Morgan fingerprint density at radius 2 is 2.19 bits per heavy atom. The molecule has 7 heteroatoms. The molecule has 2 N–H and O–H groups in total. The summed E-state index contributed by atoms with van der Waals surface area (Å²) in [6, 6.07) is 5.83. The van der Waals surface area contributed by atoms with E-state index in [4.69, 9.17) is 0 Å². The van der Waals surface area contributed by atoms with Crippen molar-refractivity contribution >= 4 is 33.6 Å². The maximum absolute atomic E-state index is 4.44. The Morgan fingerprint density at radius 3 is 3.10 bits per heavy atom. The first kappa shape index (κ1) is 11.8. The Hall–Kier alpha value is -2.96. The molecule has 0 spiro atoms. The predicted octanol–water partition coefficient (Wildman–Crippen LogP) is 2.29. The zero-order valence-electron chi connectivity index (χ0n) is 11.6. The Labute approximate surface area is 120 Å². The zero-order valence-corrected chi connectivity index (χ0v) is 11.6. The molecular formula is C14H13N7. The molecule has 0 aliphatic rings. The van der Waals surface area contributed by atoms with Crippen molar-refractivity contribution in [1.29, 1.82) is 0 Å². The minimum Gasteiger partial charge on any atom is -0.336 e.